The van der Waals surface area contributed by atoms with Gasteiger partial charge in [0.05, 0.1) is 29.3 Å². The van der Waals surface area contributed by atoms with Crippen LogP contribution in [0.1, 0.15) is 17.3 Å². The number of rotatable bonds is 6. The molecular weight excluding hydrogens is 352 g/mol. The van der Waals surface area contributed by atoms with Gasteiger partial charge in [0.2, 0.25) is 0 Å². The highest BCUT2D eigenvalue weighted by molar-refractivity contribution is 5.96. The number of benzene rings is 2. The van der Waals surface area contributed by atoms with Crippen molar-refractivity contribution in [2.24, 2.45) is 0 Å². The minimum Gasteiger partial charge on any atom is -0.486 e. The Balaban J connectivity index is 1.80. The number of fused-ring (bicyclic) bond motifs is 1. The minimum absolute atomic E-state index is 0.144. The van der Waals surface area contributed by atoms with Crippen LogP contribution < -0.4 is 14.4 Å². The number of esters is 1. The third kappa shape index (κ3) is 4.11. The van der Waals surface area contributed by atoms with Gasteiger partial charge >= 0.3 is 5.97 Å². The van der Waals surface area contributed by atoms with Crippen molar-refractivity contribution < 1.29 is 23.9 Å². The predicted molar refractivity (Wildman–Crippen MR) is 98.7 cm³/mol. The molecule has 0 amide bonds. The van der Waals surface area contributed by atoms with Gasteiger partial charge in [0.1, 0.15) is 6.61 Å². The third-order valence-electron chi connectivity index (χ3n) is 4.14. The van der Waals surface area contributed by atoms with Crippen molar-refractivity contribution in [1.82, 2.24) is 0 Å². The number of carbonyl (C=O) groups is 1. The van der Waals surface area contributed by atoms with Crippen LogP contribution >= 0.6 is 0 Å². The molecule has 0 unspecified atom stereocenters. The van der Waals surface area contributed by atoms with Gasteiger partial charge in [-0.1, -0.05) is 12.1 Å². The van der Waals surface area contributed by atoms with Gasteiger partial charge in [-0.2, -0.15) is 0 Å². The highest BCUT2D eigenvalue weighted by Crippen LogP contribution is 2.32. The molecule has 0 fully saturated rings. The minimum atomic E-state index is -0.603. The second-order valence-electron chi connectivity index (χ2n) is 6.06. The molecule has 27 heavy (non-hydrogen) atoms. The summed E-state index contributed by atoms with van der Waals surface area (Å²) in [5, 5.41) is 11.1. The summed E-state index contributed by atoms with van der Waals surface area (Å²) >= 11 is 0. The molecular formula is C19H20N2O6. The van der Waals surface area contributed by atoms with E-state index in [-0.39, 0.29) is 24.0 Å². The van der Waals surface area contributed by atoms with Crippen molar-refractivity contribution in [3.05, 3.63) is 58.1 Å². The zero-order chi connectivity index (χ0) is 19.4. The number of anilines is 1. The fourth-order valence-corrected chi connectivity index (χ4v) is 2.90. The summed E-state index contributed by atoms with van der Waals surface area (Å²) in [5.74, 6) is 0.754. The van der Waals surface area contributed by atoms with Gasteiger partial charge in [-0.15, -0.1) is 0 Å². The lowest BCUT2D eigenvalue weighted by Crippen LogP contribution is -2.40. The maximum atomic E-state index is 12.3. The molecule has 0 aliphatic carbocycles. The highest BCUT2D eigenvalue weighted by atomic mass is 16.6. The first-order valence-electron chi connectivity index (χ1n) is 8.54. The predicted octanol–water partition coefficient (Wildman–Crippen LogP) is 3.05. The first-order chi connectivity index (χ1) is 13.0. The molecule has 0 spiro atoms. The average molecular weight is 372 g/mol. The van der Waals surface area contributed by atoms with E-state index in [9.17, 15) is 14.9 Å². The lowest BCUT2D eigenvalue weighted by atomic mass is 10.1. The molecule has 2 aromatic carbocycles. The van der Waals surface area contributed by atoms with Gasteiger partial charge in [0.25, 0.3) is 5.69 Å². The molecule has 8 nitrogen and oxygen atoms in total. The summed E-state index contributed by atoms with van der Waals surface area (Å²) in [6, 6.07) is 11.5. The molecule has 0 N–H and O–H groups in total. The van der Waals surface area contributed by atoms with E-state index >= 15 is 0 Å². The third-order valence-corrected chi connectivity index (χ3v) is 4.14. The molecule has 142 valence electrons. The first kappa shape index (κ1) is 18.5. The van der Waals surface area contributed by atoms with E-state index in [1.807, 2.05) is 24.3 Å². The lowest BCUT2D eigenvalue weighted by molar-refractivity contribution is -0.384. The highest BCUT2D eigenvalue weighted by Gasteiger charge is 2.25. The topological polar surface area (TPSA) is 91.1 Å². The molecule has 0 radical (unpaired) electrons. The first-order valence-corrected chi connectivity index (χ1v) is 8.54. The van der Waals surface area contributed by atoms with Crippen LogP contribution in [0.4, 0.5) is 11.4 Å². The second-order valence-corrected chi connectivity index (χ2v) is 6.06. The zero-order valence-electron chi connectivity index (χ0n) is 15.1. The molecule has 0 saturated carbocycles. The van der Waals surface area contributed by atoms with Crippen LogP contribution in [0.25, 0.3) is 0 Å². The maximum absolute atomic E-state index is 12.3. The van der Waals surface area contributed by atoms with Crippen LogP contribution in [-0.4, -0.2) is 43.8 Å². The van der Waals surface area contributed by atoms with Crippen LogP contribution in [-0.2, 0) is 4.74 Å². The van der Waals surface area contributed by atoms with E-state index in [0.717, 1.165) is 0 Å². The number of non-ortho nitro benzene ring substituents is 1. The van der Waals surface area contributed by atoms with E-state index in [1.165, 1.54) is 12.1 Å². The molecule has 0 saturated heterocycles. The van der Waals surface area contributed by atoms with E-state index in [1.54, 1.807) is 24.9 Å². The number of hydrogen-bond donors (Lipinski definition) is 0. The summed E-state index contributed by atoms with van der Waals surface area (Å²) in [5.41, 5.74) is 0.508. The number of likely N-dealkylation sites (N-methyl/N-ethyl adjacent to an activating group) is 1. The van der Waals surface area contributed by atoms with Crippen LogP contribution in [0, 0.1) is 10.1 Å². The van der Waals surface area contributed by atoms with Gasteiger partial charge < -0.3 is 19.1 Å². The van der Waals surface area contributed by atoms with Crippen LogP contribution in [0.5, 0.6) is 11.5 Å². The van der Waals surface area contributed by atoms with Crippen molar-refractivity contribution in [3.8, 4) is 11.5 Å². The zero-order valence-corrected chi connectivity index (χ0v) is 15.1. The van der Waals surface area contributed by atoms with Gasteiger partial charge in [-0.3, -0.25) is 10.1 Å². The van der Waals surface area contributed by atoms with Crippen molar-refractivity contribution in [2.75, 3.05) is 31.7 Å². The maximum Gasteiger partial charge on any atom is 0.340 e. The van der Waals surface area contributed by atoms with Crippen LogP contribution in [0.3, 0.4) is 0 Å². The van der Waals surface area contributed by atoms with Crippen molar-refractivity contribution in [2.45, 2.75) is 13.0 Å². The van der Waals surface area contributed by atoms with Gasteiger partial charge in [-0.25, -0.2) is 4.79 Å². The molecule has 8 heteroatoms. The smallest absolute Gasteiger partial charge is 0.340 e. The van der Waals surface area contributed by atoms with Crippen molar-refractivity contribution >= 4 is 17.3 Å². The summed E-state index contributed by atoms with van der Waals surface area (Å²) < 4.78 is 16.7. The van der Waals surface area contributed by atoms with E-state index < -0.39 is 10.9 Å². The van der Waals surface area contributed by atoms with Gasteiger partial charge in [-0.05, 0) is 25.1 Å². The number of hydrogen-bond acceptors (Lipinski definition) is 7. The Hall–Kier alpha value is -3.29. The van der Waals surface area contributed by atoms with Crippen LogP contribution in [0.2, 0.25) is 0 Å². The largest absolute Gasteiger partial charge is 0.486 e. The van der Waals surface area contributed by atoms with Crippen molar-refractivity contribution in [3.63, 3.8) is 0 Å². The molecule has 1 aliphatic heterocycles. The number of nitro benzene ring substituents is 1. The Kier molecular flexibility index (Phi) is 5.44. The summed E-state index contributed by atoms with van der Waals surface area (Å²) in [6.45, 7) is 2.66. The lowest BCUT2D eigenvalue weighted by Gasteiger charge is -2.31. The second kappa shape index (κ2) is 7.94. The quantitative estimate of drug-likeness (QED) is 0.437. The number of nitro groups is 1. The monoisotopic (exact) mass is 372 g/mol. The van der Waals surface area contributed by atoms with Gasteiger partial charge in [0.15, 0.2) is 17.6 Å². The summed E-state index contributed by atoms with van der Waals surface area (Å²) in [6.07, 6.45) is -0.255. The summed E-state index contributed by atoms with van der Waals surface area (Å²) in [4.78, 5) is 24.6. The Bertz CT molecular complexity index is 854. The average Bonchev–Trinajstić information content (AvgIpc) is 2.67. The molecule has 1 heterocycles. The van der Waals surface area contributed by atoms with E-state index in [0.29, 0.717) is 30.3 Å². The van der Waals surface area contributed by atoms with E-state index in [4.69, 9.17) is 14.2 Å². The Morgan fingerprint density at radius 3 is 2.74 bits per heavy atom. The fraction of sp³-hybridized carbons (Fsp3) is 0.316. The number of carbonyl (C=O) groups excluding carboxylic acids is 1. The SMILES string of the molecule is CCOC(=O)c1cc([N+](=O)[O-])ccc1N(C)C[C@@H]1COc2ccccc2O1. The fourth-order valence-electron chi connectivity index (χ4n) is 2.90. The molecule has 1 aliphatic rings. The normalized spacial score (nSPS) is 15.1. The van der Waals surface area contributed by atoms with Crippen LogP contribution in [0.15, 0.2) is 42.5 Å². The van der Waals surface area contributed by atoms with Crippen molar-refractivity contribution in [1.29, 1.82) is 0 Å². The number of para-hydroxylation sites is 2. The molecule has 0 bridgehead atoms. The molecule has 1 atom stereocenters. The van der Waals surface area contributed by atoms with Gasteiger partial charge in [0, 0.05) is 19.2 Å². The molecule has 3 rings (SSSR count). The molecule has 2 aromatic rings. The number of ether oxygens (including phenoxy) is 3. The standard InChI is InChI=1S/C19H20N2O6/c1-3-25-19(22)15-10-13(21(23)24)8-9-16(15)20(2)11-14-12-26-17-6-4-5-7-18(17)27-14/h4-10,14H,3,11-12H2,1-2H3/t14-/m1/s1. The Morgan fingerprint density at radius 2 is 2.04 bits per heavy atom. The summed E-state index contributed by atoms with van der Waals surface area (Å²) in [7, 11) is 1.79. The Morgan fingerprint density at radius 1 is 1.30 bits per heavy atom. The molecule has 0 aromatic heterocycles. The Labute approximate surface area is 156 Å². The number of nitrogens with zero attached hydrogens (tertiary/aromatic N) is 2. The van der Waals surface area contributed by atoms with E-state index in [2.05, 4.69) is 0 Å².